The predicted octanol–water partition coefficient (Wildman–Crippen LogP) is 7.11. The van der Waals surface area contributed by atoms with Crippen molar-refractivity contribution in [2.45, 2.75) is 25.9 Å². The quantitative estimate of drug-likeness (QED) is 0.405. The van der Waals surface area contributed by atoms with Crippen molar-refractivity contribution in [3.05, 3.63) is 76.2 Å². The summed E-state index contributed by atoms with van der Waals surface area (Å²) in [7, 11) is 0. The molecule has 0 radical (unpaired) electrons. The van der Waals surface area contributed by atoms with E-state index in [0.29, 0.717) is 21.7 Å². The van der Waals surface area contributed by atoms with Crippen molar-refractivity contribution in [3.63, 3.8) is 0 Å². The first-order valence-electron chi connectivity index (χ1n) is 8.99. The van der Waals surface area contributed by atoms with Gasteiger partial charge in [-0.2, -0.15) is 13.2 Å². The van der Waals surface area contributed by atoms with Crippen LogP contribution in [0.5, 0.6) is 0 Å². The summed E-state index contributed by atoms with van der Waals surface area (Å²) >= 11 is 6.96. The highest BCUT2D eigenvalue weighted by atomic mass is 35.5. The number of anilines is 1. The summed E-state index contributed by atoms with van der Waals surface area (Å²) in [6, 6.07) is 6.66. The number of carbonyl (C=O) groups excluding carboxylic acids is 1. The van der Waals surface area contributed by atoms with Crippen LogP contribution in [-0.2, 0) is 4.79 Å². The zero-order chi connectivity index (χ0) is 23.2. The molecule has 164 valence electrons. The molecule has 0 saturated heterocycles. The summed E-state index contributed by atoms with van der Waals surface area (Å²) in [6.45, 7) is 4.67. The van der Waals surface area contributed by atoms with E-state index >= 15 is 0 Å². The summed E-state index contributed by atoms with van der Waals surface area (Å²) in [6.07, 6.45) is -0.636. The number of amides is 1. The Labute approximate surface area is 186 Å². The monoisotopic (exact) mass is 469 g/mol. The third-order valence-corrected chi connectivity index (χ3v) is 5.36. The minimum absolute atomic E-state index is 0.00161. The lowest BCUT2D eigenvalue weighted by molar-refractivity contribution is -0.116. The molecule has 0 aliphatic carbocycles. The Kier molecular flexibility index (Phi) is 8.24. The molecular formula is C22H19ClF3NO3S. The van der Waals surface area contributed by atoms with Crippen LogP contribution >= 0.6 is 22.9 Å². The number of aromatic carboxylic acids is 1. The number of carboxylic acids is 1. The van der Waals surface area contributed by atoms with Gasteiger partial charge in [-0.3, -0.25) is 4.79 Å². The molecule has 0 bridgehead atoms. The van der Waals surface area contributed by atoms with E-state index in [1.165, 1.54) is 12.2 Å². The Morgan fingerprint density at radius 2 is 1.87 bits per heavy atom. The molecule has 2 rings (SSSR count). The van der Waals surface area contributed by atoms with E-state index in [-0.39, 0.29) is 23.4 Å². The highest BCUT2D eigenvalue weighted by molar-refractivity contribution is 7.15. The smallest absolute Gasteiger partial charge is 0.412 e. The molecule has 2 aromatic rings. The van der Waals surface area contributed by atoms with E-state index in [9.17, 15) is 27.9 Å². The average Bonchev–Trinajstić information content (AvgIpc) is 3.09. The number of nitrogens with one attached hydrogen (secondary N) is 1. The van der Waals surface area contributed by atoms with Crippen LogP contribution < -0.4 is 5.32 Å². The summed E-state index contributed by atoms with van der Waals surface area (Å²) in [5, 5.41) is 14.5. The normalized spacial score (nSPS) is 12.2. The van der Waals surface area contributed by atoms with Crippen molar-refractivity contribution in [2.75, 3.05) is 5.32 Å². The van der Waals surface area contributed by atoms with Crippen molar-refractivity contribution >= 4 is 39.8 Å². The second kappa shape index (κ2) is 10.5. The number of benzene rings is 1. The maximum Gasteiger partial charge on any atom is 0.412 e. The van der Waals surface area contributed by atoms with E-state index in [0.717, 1.165) is 24.3 Å². The highest BCUT2D eigenvalue weighted by Gasteiger charge is 2.29. The van der Waals surface area contributed by atoms with E-state index < -0.39 is 23.6 Å². The molecule has 0 spiro atoms. The van der Waals surface area contributed by atoms with Crippen LogP contribution in [0.2, 0.25) is 5.02 Å². The van der Waals surface area contributed by atoms with Crippen molar-refractivity contribution < 1.29 is 27.9 Å². The molecule has 0 saturated carbocycles. The van der Waals surface area contributed by atoms with Crippen molar-refractivity contribution in [1.29, 1.82) is 0 Å². The van der Waals surface area contributed by atoms with Gasteiger partial charge in [-0.15, -0.1) is 11.3 Å². The lowest BCUT2D eigenvalue weighted by atomic mass is 10.0. The van der Waals surface area contributed by atoms with Crippen molar-refractivity contribution in [3.8, 4) is 11.1 Å². The zero-order valence-electron chi connectivity index (χ0n) is 16.4. The maximum absolute atomic E-state index is 12.4. The lowest BCUT2D eigenvalue weighted by Gasteiger charge is -2.06. The minimum atomic E-state index is -4.39. The van der Waals surface area contributed by atoms with Crippen LogP contribution in [0.3, 0.4) is 0 Å². The van der Waals surface area contributed by atoms with E-state index in [1.54, 1.807) is 29.6 Å². The number of carboxylic acid groups (broad SMARTS) is 1. The predicted molar refractivity (Wildman–Crippen MR) is 118 cm³/mol. The molecule has 9 heteroatoms. The van der Waals surface area contributed by atoms with Gasteiger partial charge in [-0.05, 0) is 31.0 Å². The standard InChI is InChI=1S/C22H19ClF3NO3S/c1-13(4-3-5-14(2)22(24,25)26)6-11-18(28)27-20-19(21(29)30)17(12-31-20)15-7-9-16(23)10-8-15/h3-5,7-10,12H,1,6,11H2,2H3,(H,27,28)(H,29,30). The average molecular weight is 470 g/mol. The molecule has 1 amide bonds. The molecule has 2 N–H and O–H groups in total. The van der Waals surface area contributed by atoms with Crippen LogP contribution in [0.25, 0.3) is 11.1 Å². The fourth-order valence-electron chi connectivity index (χ4n) is 2.47. The first-order chi connectivity index (χ1) is 14.5. The molecule has 4 nitrogen and oxygen atoms in total. The molecule has 0 atom stereocenters. The Bertz CT molecular complexity index is 1040. The summed E-state index contributed by atoms with van der Waals surface area (Å²) in [4.78, 5) is 24.0. The molecule has 1 aromatic carbocycles. The molecular weight excluding hydrogens is 451 g/mol. The van der Waals surface area contributed by atoms with Gasteiger partial charge in [0.1, 0.15) is 10.6 Å². The van der Waals surface area contributed by atoms with E-state index in [4.69, 9.17) is 11.6 Å². The van der Waals surface area contributed by atoms with Crippen molar-refractivity contribution in [1.82, 2.24) is 0 Å². The topological polar surface area (TPSA) is 66.4 Å². The van der Waals surface area contributed by atoms with Gasteiger partial charge in [0.05, 0.1) is 0 Å². The maximum atomic E-state index is 12.4. The van der Waals surface area contributed by atoms with Crippen LogP contribution in [0, 0.1) is 0 Å². The molecule has 0 aliphatic rings. The van der Waals surface area contributed by atoms with Gasteiger partial charge in [0, 0.05) is 28.0 Å². The second-order valence-electron chi connectivity index (χ2n) is 6.58. The zero-order valence-corrected chi connectivity index (χ0v) is 18.0. The second-order valence-corrected chi connectivity index (χ2v) is 7.89. The minimum Gasteiger partial charge on any atom is -0.478 e. The molecule has 31 heavy (non-hydrogen) atoms. The molecule has 0 aliphatic heterocycles. The third-order valence-electron chi connectivity index (χ3n) is 4.21. The fraction of sp³-hybridized carbons (Fsp3) is 0.182. The van der Waals surface area contributed by atoms with E-state index in [1.807, 2.05) is 0 Å². The number of alkyl halides is 3. The first kappa shape index (κ1) is 24.4. The van der Waals surface area contributed by atoms with Gasteiger partial charge in [-0.1, -0.05) is 54.1 Å². The van der Waals surface area contributed by atoms with E-state index in [2.05, 4.69) is 11.9 Å². The summed E-state index contributed by atoms with van der Waals surface area (Å²) in [5.41, 5.74) is 0.813. The lowest BCUT2D eigenvalue weighted by Crippen LogP contribution is -2.13. The first-order valence-corrected chi connectivity index (χ1v) is 10.2. The van der Waals surface area contributed by atoms with Gasteiger partial charge < -0.3 is 10.4 Å². The van der Waals surface area contributed by atoms with Crippen molar-refractivity contribution in [2.24, 2.45) is 0 Å². The van der Waals surface area contributed by atoms with Gasteiger partial charge in [0.2, 0.25) is 5.91 Å². The number of carbonyl (C=O) groups is 2. The number of allylic oxidation sites excluding steroid dienone is 5. The number of halogens is 4. The SMILES string of the molecule is C=C(C=CC=C(C)C(F)(F)F)CCC(=O)Nc1scc(-c2ccc(Cl)cc2)c1C(=O)O. The van der Waals surface area contributed by atoms with Gasteiger partial charge in [-0.25, -0.2) is 4.79 Å². The van der Waals surface area contributed by atoms with Gasteiger partial charge >= 0.3 is 12.1 Å². The van der Waals surface area contributed by atoms with Gasteiger partial charge in [0.15, 0.2) is 0 Å². The Balaban J connectivity index is 2.02. The number of thiophene rings is 1. The Hall–Kier alpha value is -2.84. The summed E-state index contributed by atoms with van der Waals surface area (Å²) < 4.78 is 37.3. The third kappa shape index (κ3) is 7.11. The van der Waals surface area contributed by atoms with Crippen LogP contribution in [0.15, 0.2) is 65.6 Å². The fourth-order valence-corrected chi connectivity index (χ4v) is 3.58. The van der Waals surface area contributed by atoms with Gasteiger partial charge in [0.25, 0.3) is 0 Å². The largest absolute Gasteiger partial charge is 0.478 e. The molecule has 1 aromatic heterocycles. The Morgan fingerprint density at radius 1 is 1.23 bits per heavy atom. The van der Waals surface area contributed by atoms with Crippen LogP contribution in [-0.4, -0.2) is 23.2 Å². The summed E-state index contributed by atoms with van der Waals surface area (Å²) in [5.74, 6) is -1.61. The van der Waals surface area contributed by atoms with Crippen LogP contribution in [0.4, 0.5) is 18.2 Å². The number of hydrogen-bond acceptors (Lipinski definition) is 3. The molecule has 0 unspecified atom stereocenters. The highest BCUT2D eigenvalue weighted by Crippen LogP contribution is 2.36. The molecule has 1 heterocycles. The van der Waals surface area contributed by atoms with Crippen LogP contribution in [0.1, 0.15) is 30.1 Å². The molecule has 0 fully saturated rings. The number of rotatable bonds is 8. The number of hydrogen-bond donors (Lipinski definition) is 2. The Morgan fingerprint density at radius 3 is 2.45 bits per heavy atom.